The van der Waals surface area contributed by atoms with Crippen LogP contribution in [0.1, 0.15) is 33.1 Å². The van der Waals surface area contributed by atoms with Crippen molar-refractivity contribution in [2.24, 2.45) is 23.2 Å². The van der Waals surface area contributed by atoms with E-state index in [1.807, 2.05) is 0 Å². The molecule has 0 aromatic heterocycles. The molecule has 0 saturated heterocycles. The lowest BCUT2D eigenvalue weighted by Gasteiger charge is -2.24. The zero-order valence-electron chi connectivity index (χ0n) is 13.8. The first-order chi connectivity index (χ1) is 11.3. The molecule has 2 amide bonds. The fourth-order valence-corrected chi connectivity index (χ4v) is 3.36. The summed E-state index contributed by atoms with van der Waals surface area (Å²) >= 11 is 0. The average Bonchev–Trinajstić information content (AvgIpc) is 3.02. The third-order valence-electron chi connectivity index (χ3n) is 5.27. The third-order valence-corrected chi connectivity index (χ3v) is 5.27. The molecule has 0 heterocycles. The maximum Gasteiger partial charge on any atom is 0.307 e. The van der Waals surface area contributed by atoms with Gasteiger partial charge < -0.3 is 15.7 Å². The lowest BCUT2D eigenvalue weighted by Crippen LogP contribution is -2.28. The van der Waals surface area contributed by atoms with Gasteiger partial charge in [-0.2, -0.15) is 0 Å². The summed E-state index contributed by atoms with van der Waals surface area (Å²) in [5.41, 5.74) is 0.764. The average molecular weight is 330 g/mol. The first-order valence-electron chi connectivity index (χ1n) is 8.25. The van der Waals surface area contributed by atoms with Crippen LogP contribution in [0.5, 0.6) is 0 Å². The third kappa shape index (κ3) is 3.00. The molecule has 3 rings (SSSR count). The Balaban J connectivity index is 1.57. The van der Waals surface area contributed by atoms with E-state index in [4.69, 9.17) is 5.11 Å². The van der Waals surface area contributed by atoms with Gasteiger partial charge in [-0.05, 0) is 42.5 Å². The van der Waals surface area contributed by atoms with Crippen molar-refractivity contribution in [3.8, 4) is 0 Å². The lowest BCUT2D eigenvalue weighted by molar-refractivity contribution is -0.140. The number of hydrogen-bond donors (Lipinski definition) is 3. The summed E-state index contributed by atoms with van der Waals surface area (Å²) in [5.74, 6) is -2.21. The van der Waals surface area contributed by atoms with E-state index in [9.17, 15) is 14.4 Å². The Morgan fingerprint density at radius 2 is 1.46 bits per heavy atom. The number of carboxylic acid groups (broad SMARTS) is 1. The van der Waals surface area contributed by atoms with E-state index >= 15 is 0 Å². The van der Waals surface area contributed by atoms with Crippen LogP contribution in [0.3, 0.4) is 0 Å². The van der Waals surface area contributed by atoms with Crippen LogP contribution in [-0.4, -0.2) is 22.9 Å². The predicted octanol–water partition coefficient (Wildman–Crippen LogP) is 2.72. The van der Waals surface area contributed by atoms with Gasteiger partial charge in [-0.25, -0.2) is 0 Å². The minimum atomic E-state index is -0.936. The van der Waals surface area contributed by atoms with Crippen LogP contribution in [0, 0.1) is 23.2 Å². The molecule has 0 bridgehead atoms. The monoisotopic (exact) mass is 330 g/mol. The first-order valence-corrected chi connectivity index (χ1v) is 8.25. The SMILES string of the molecule is CC1(C)[C@H](C(=O)O)[C@H]1C(=O)Nc1ccc(NC(=O)C2CCC2)cc1. The van der Waals surface area contributed by atoms with E-state index in [0.717, 1.165) is 19.3 Å². The van der Waals surface area contributed by atoms with Gasteiger partial charge in [0.05, 0.1) is 11.8 Å². The molecule has 2 atom stereocenters. The fourth-order valence-electron chi connectivity index (χ4n) is 3.36. The van der Waals surface area contributed by atoms with Gasteiger partial charge in [0.15, 0.2) is 0 Å². The Labute approximate surface area is 140 Å². The molecule has 2 aliphatic rings. The van der Waals surface area contributed by atoms with E-state index < -0.39 is 23.2 Å². The molecule has 2 saturated carbocycles. The van der Waals surface area contributed by atoms with Gasteiger partial charge in [0.25, 0.3) is 0 Å². The van der Waals surface area contributed by atoms with Gasteiger partial charge >= 0.3 is 5.97 Å². The molecule has 1 aromatic carbocycles. The summed E-state index contributed by atoms with van der Waals surface area (Å²) in [7, 11) is 0. The van der Waals surface area contributed by atoms with Crippen LogP contribution in [0.25, 0.3) is 0 Å². The minimum Gasteiger partial charge on any atom is -0.481 e. The number of nitrogens with one attached hydrogen (secondary N) is 2. The molecule has 1 aromatic rings. The van der Waals surface area contributed by atoms with Gasteiger partial charge in [0, 0.05) is 17.3 Å². The van der Waals surface area contributed by atoms with Gasteiger partial charge in [-0.3, -0.25) is 14.4 Å². The molecule has 2 aliphatic carbocycles. The largest absolute Gasteiger partial charge is 0.481 e. The highest BCUT2D eigenvalue weighted by Gasteiger charge is 2.65. The number of amides is 2. The van der Waals surface area contributed by atoms with Gasteiger partial charge in [0.2, 0.25) is 11.8 Å². The zero-order valence-corrected chi connectivity index (χ0v) is 13.8. The molecule has 0 radical (unpaired) electrons. The van der Waals surface area contributed by atoms with Crippen molar-refractivity contribution in [2.75, 3.05) is 10.6 Å². The molecule has 6 heteroatoms. The molecule has 128 valence electrons. The van der Waals surface area contributed by atoms with Crippen LogP contribution < -0.4 is 10.6 Å². The van der Waals surface area contributed by atoms with Crippen LogP contribution in [0.4, 0.5) is 11.4 Å². The number of carboxylic acids is 1. The van der Waals surface area contributed by atoms with Gasteiger partial charge in [0.1, 0.15) is 0 Å². The van der Waals surface area contributed by atoms with Gasteiger partial charge in [-0.15, -0.1) is 0 Å². The van der Waals surface area contributed by atoms with Crippen molar-refractivity contribution in [2.45, 2.75) is 33.1 Å². The zero-order chi connectivity index (χ0) is 17.5. The van der Waals surface area contributed by atoms with Crippen molar-refractivity contribution in [1.82, 2.24) is 0 Å². The highest BCUT2D eigenvalue weighted by atomic mass is 16.4. The number of rotatable bonds is 5. The number of anilines is 2. The second-order valence-corrected chi connectivity index (χ2v) is 7.30. The molecule has 0 spiro atoms. The number of carbonyl (C=O) groups excluding carboxylic acids is 2. The quantitative estimate of drug-likeness (QED) is 0.773. The van der Waals surface area contributed by atoms with Crippen molar-refractivity contribution >= 4 is 29.2 Å². The number of benzene rings is 1. The maximum absolute atomic E-state index is 12.3. The Hall–Kier alpha value is -2.37. The first kappa shape index (κ1) is 16.5. The van der Waals surface area contributed by atoms with Crippen molar-refractivity contribution in [3.05, 3.63) is 24.3 Å². The maximum atomic E-state index is 12.3. The van der Waals surface area contributed by atoms with Crippen LogP contribution in [0.2, 0.25) is 0 Å². The van der Waals surface area contributed by atoms with Crippen LogP contribution >= 0.6 is 0 Å². The van der Waals surface area contributed by atoms with Gasteiger partial charge in [-0.1, -0.05) is 20.3 Å². The van der Waals surface area contributed by atoms with Crippen molar-refractivity contribution in [3.63, 3.8) is 0 Å². The lowest BCUT2D eigenvalue weighted by atomic mass is 9.85. The summed E-state index contributed by atoms with van der Waals surface area (Å²) < 4.78 is 0. The van der Waals surface area contributed by atoms with Crippen molar-refractivity contribution < 1.29 is 19.5 Å². The van der Waals surface area contributed by atoms with E-state index in [2.05, 4.69) is 10.6 Å². The number of aliphatic carboxylic acids is 1. The minimum absolute atomic E-state index is 0.0436. The highest BCUT2D eigenvalue weighted by molar-refractivity contribution is 6.00. The Morgan fingerprint density at radius 3 is 1.83 bits per heavy atom. The normalized spacial score (nSPS) is 24.6. The Bertz CT molecular complexity index is 677. The highest BCUT2D eigenvalue weighted by Crippen LogP contribution is 2.58. The summed E-state index contributed by atoms with van der Waals surface area (Å²) in [6.07, 6.45) is 3.00. The predicted molar refractivity (Wildman–Crippen MR) is 89.4 cm³/mol. The summed E-state index contributed by atoms with van der Waals surface area (Å²) in [5, 5.41) is 14.8. The molecule has 3 N–H and O–H groups in total. The molecule has 6 nitrogen and oxygen atoms in total. The molecule has 0 unspecified atom stereocenters. The molecular weight excluding hydrogens is 308 g/mol. The number of carbonyl (C=O) groups is 3. The van der Waals surface area contributed by atoms with E-state index in [-0.39, 0.29) is 17.7 Å². The number of hydrogen-bond acceptors (Lipinski definition) is 3. The van der Waals surface area contributed by atoms with Crippen LogP contribution in [-0.2, 0) is 14.4 Å². The topological polar surface area (TPSA) is 95.5 Å². The fraction of sp³-hybridized carbons (Fsp3) is 0.500. The molecule has 0 aliphatic heterocycles. The van der Waals surface area contributed by atoms with E-state index in [0.29, 0.717) is 11.4 Å². The standard InChI is InChI=1S/C18H22N2O4/c1-18(2)13(14(18)17(23)24)16(22)20-12-8-6-11(7-9-12)19-15(21)10-4-3-5-10/h6-10,13-14H,3-5H2,1-2H3,(H,19,21)(H,20,22)(H,23,24)/t13-,14-/m0/s1. The summed E-state index contributed by atoms with van der Waals surface area (Å²) in [6.45, 7) is 3.57. The second-order valence-electron chi connectivity index (χ2n) is 7.30. The second kappa shape index (κ2) is 5.92. The Morgan fingerprint density at radius 1 is 0.958 bits per heavy atom. The smallest absolute Gasteiger partial charge is 0.307 e. The Kier molecular flexibility index (Phi) is 4.07. The van der Waals surface area contributed by atoms with E-state index in [1.54, 1.807) is 38.1 Å². The summed E-state index contributed by atoms with van der Waals surface area (Å²) in [6, 6.07) is 6.89. The van der Waals surface area contributed by atoms with E-state index in [1.165, 1.54) is 0 Å². The summed E-state index contributed by atoms with van der Waals surface area (Å²) in [4.78, 5) is 35.3. The van der Waals surface area contributed by atoms with Crippen LogP contribution in [0.15, 0.2) is 24.3 Å². The molecule has 2 fully saturated rings. The molecular formula is C18H22N2O4. The molecule has 24 heavy (non-hydrogen) atoms. The van der Waals surface area contributed by atoms with Crippen molar-refractivity contribution in [1.29, 1.82) is 0 Å².